The molecule has 0 spiro atoms. The lowest BCUT2D eigenvalue weighted by Gasteiger charge is -2.34. The van der Waals surface area contributed by atoms with Crippen molar-refractivity contribution in [3.8, 4) is 0 Å². The number of aryl methyl sites for hydroxylation is 2. The van der Waals surface area contributed by atoms with Crippen LogP contribution in [0.15, 0.2) is 24.3 Å². The first-order chi connectivity index (χ1) is 10.2. The highest BCUT2D eigenvalue weighted by atomic mass is 16.2. The summed E-state index contributed by atoms with van der Waals surface area (Å²) in [5, 5.41) is 0. The highest BCUT2D eigenvalue weighted by molar-refractivity contribution is 5.76. The number of hydrogen-bond acceptors (Lipinski definition) is 2. The van der Waals surface area contributed by atoms with Crippen LogP contribution < -0.4 is 5.73 Å². The lowest BCUT2D eigenvalue weighted by molar-refractivity contribution is -0.134. The Morgan fingerprint density at radius 2 is 1.86 bits per heavy atom. The minimum Gasteiger partial charge on any atom is -0.338 e. The van der Waals surface area contributed by atoms with E-state index >= 15 is 0 Å². The third-order valence-corrected chi connectivity index (χ3v) is 4.45. The standard InChI is InChI=1S/C18H28N2O/c1-15-7-9-16(10-8-15)11-12-18(21)20(14-13-19)17-5-3-2-4-6-17/h7-10,17H,2-6,11-14,19H2,1H3. The fourth-order valence-corrected chi connectivity index (χ4v) is 3.19. The van der Waals surface area contributed by atoms with Crippen LogP contribution in [0, 0.1) is 6.92 Å². The lowest BCUT2D eigenvalue weighted by Crippen LogP contribution is -2.44. The molecule has 1 fully saturated rings. The summed E-state index contributed by atoms with van der Waals surface area (Å²) in [5.41, 5.74) is 8.21. The monoisotopic (exact) mass is 288 g/mol. The van der Waals surface area contributed by atoms with Crippen LogP contribution >= 0.6 is 0 Å². The van der Waals surface area contributed by atoms with Crippen molar-refractivity contribution < 1.29 is 4.79 Å². The molecule has 0 heterocycles. The minimum absolute atomic E-state index is 0.271. The van der Waals surface area contributed by atoms with Crippen LogP contribution in [-0.4, -0.2) is 29.9 Å². The Morgan fingerprint density at radius 3 is 2.48 bits per heavy atom. The smallest absolute Gasteiger partial charge is 0.223 e. The Bertz CT molecular complexity index is 435. The van der Waals surface area contributed by atoms with Crippen LogP contribution in [0.1, 0.15) is 49.7 Å². The Kier molecular flexibility index (Phi) is 6.24. The minimum atomic E-state index is 0.271. The van der Waals surface area contributed by atoms with Crippen molar-refractivity contribution >= 4 is 5.91 Å². The molecule has 2 N–H and O–H groups in total. The highest BCUT2D eigenvalue weighted by Gasteiger charge is 2.24. The summed E-state index contributed by atoms with van der Waals surface area (Å²) in [6.45, 7) is 3.35. The highest BCUT2D eigenvalue weighted by Crippen LogP contribution is 2.23. The molecule has 0 aliphatic heterocycles. The average molecular weight is 288 g/mol. The summed E-state index contributed by atoms with van der Waals surface area (Å²) in [6, 6.07) is 8.89. The van der Waals surface area contributed by atoms with Crippen molar-refractivity contribution in [2.24, 2.45) is 5.73 Å². The molecular weight excluding hydrogens is 260 g/mol. The number of carbonyl (C=O) groups excluding carboxylic acids is 1. The third-order valence-electron chi connectivity index (χ3n) is 4.45. The molecule has 1 aromatic carbocycles. The van der Waals surface area contributed by atoms with Gasteiger partial charge in [0, 0.05) is 25.6 Å². The van der Waals surface area contributed by atoms with Crippen LogP contribution in [-0.2, 0) is 11.2 Å². The molecule has 0 aromatic heterocycles. The summed E-state index contributed by atoms with van der Waals surface area (Å²) in [6.07, 6.45) is 7.53. The molecule has 2 rings (SSSR count). The van der Waals surface area contributed by atoms with Crippen molar-refractivity contribution in [2.45, 2.75) is 57.9 Å². The largest absolute Gasteiger partial charge is 0.338 e. The summed E-state index contributed by atoms with van der Waals surface area (Å²) in [4.78, 5) is 14.6. The third kappa shape index (κ3) is 4.85. The zero-order valence-corrected chi connectivity index (χ0v) is 13.2. The Hall–Kier alpha value is -1.35. The van der Waals surface area contributed by atoms with Gasteiger partial charge in [-0.25, -0.2) is 0 Å². The normalized spacial score (nSPS) is 15.9. The van der Waals surface area contributed by atoms with Gasteiger partial charge in [-0.1, -0.05) is 49.1 Å². The SMILES string of the molecule is Cc1ccc(CCC(=O)N(CCN)C2CCCCC2)cc1. The van der Waals surface area contributed by atoms with Gasteiger partial charge in [0.15, 0.2) is 0 Å². The molecule has 1 aliphatic rings. The van der Waals surface area contributed by atoms with E-state index in [9.17, 15) is 4.79 Å². The zero-order valence-electron chi connectivity index (χ0n) is 13.2. The summed E-state index contributed by atoms with van der Waals surface area (Å²) >= 11 is 0. The van der Waals surface area contributed by atoms with Crippen molar-refractivity contribution in [2.75, 3.05) is 13.1 Å². The van der Waals surface area contributed by atoms with Gasteiger partial charge < -0.3 is 10.6 Å². The first-order valence-electron chi connectivity index (χ1n) is 8.26. The van der Waals surface area contributed by atoms with Gasteiger partial charge in [-0.15, -0.1) is 0 Å². The van der Waals surface area contributed by atoms with Crippen LogP contribution in [0.4, 0.5) is 0 Å². The van der Waals surface area contributed by atoms with Crippen molar-refractivity contribution in [3.63, 3.8) is 0 Å². The summed E-state index contributed by atoms with van der Waals surface area (Å²) < 4.78 is 0. The Labute approximate surface area is 128 Å². The predicted octanol–water partition coefficient (Wildman–Crippen LogP) is 3.05. The molecule has 0 bridgehead atoms. The van der Waals surface area contributed by atoms with E-state index in [2.05, 4.69) is 31.2 Å². The van der Waals surface area contributed by atoms with Gasteiger partial charge in [-0.3, -0.25) is 4.79 Å². The van der Waals surface area contributed by atoms with Gasteiger partial charge in [0.1, 0.15) is 0 Å². The topological polar surface area (TPSA) is 46.3 Å². The van der Waals surface area contributed by atoms with E-state index in [-0.39, 0.29) is 5.91 Å². The van der Waals surface area contributed by atoms with Gasteiger partial charge in [0.2, 0.25) is 5.91 Å². The number of hydrogen-bond donors (Lipinski definition) is 1. The molecule has 1 aromatic rings. The lowest BCUT2D eigenvalue weighted by atomic mass is 9.93. The van der Waals surface area contributed by atoms with Gasteiger partial charge >= 0.3 is 0 Å². The second-order valence-corrected chi connectivity index (χ2v) is 6.15. The first kappa shape index (κ1) is 16.0. The number of amides is 1. The fraction of sp³-hybridized carbons (Fsp3) is 0.611. The number of nitrogens with zero attached hydrogens (tertiary/aromatic N) is 1. The van der Waals surface area contributed by atoms with E-state index in [0.29, 0.717) is 25.6 Å². The molecular formula is C18H28N2O. The van der Waals surface area contributed by atoms with E-state index in [0.717, 1.165) is 19.3 Å². The van der Waals surface area contributed by atoms with Crippen molar-refractivity contribution in [1.82, 2.24) is 4.90 Å². The Morgan fingerprint density at radius 1 is 1.19 bits per heavy atom. The molecule has 0 radical (unpaired) electrons. The summed E-state index contributed by atoms with van der Waals surface area (Å²) in [5.74, 6) is 0.271. The van der Waals surface area contributed by atoms with Gasteiger partial charge in [0.05, 0.1) is 0 Å². The number of rotatable bonds is 6. The quantitative estimate of drug-likeness (QED) is 0.874. The molecule has 1 saturated carbocycles. The average Bonchev–Trinajstić information content (AvgIpc) is 2.52. The van der Waals surface area contributed by atoms with E-state index in [4.69, 9.17) is 5.73 Å². The van der Waals surface area contributed by atoms with Gasteiger partial charge in [0.25, 0.3) is 0 Å². The molecule has 21 heavy (non-hydrogen) atoms. The van der Waals surface area contributed by atoms with Crippen LogP contribution in [0.3, 0.4) is 0 Å². The molecule has 3 heteroatoms. The van der Waals surface area contributed by atoms with Gasteiger partial charge in [-0.05, 0) is 31.7 Å². The van der Waals surface area contributed by atoms with Gasteiger partial charge in [-0.2, -0.15) is 0 Å². The fourth-order valence-electron chi connectivity index (χ4n) is 3.19. The van der Waals surface area contributed by atoms with Crippen molar-refractivity contribution in [1.29, 1.82) is 0 Å². The first-order valence-corrected chi connectivity index (χ1v) is 8.26. The number of benzene rings is 1. The maximum absolute atomic E-state index is 12.5. The number of carbonyl (C=O) groups is 1. The molecule has 1 amide bonds. The molecule has 0 atom stereocenters. The second-order valence-electron chi connectivity index (χ2n) is 6.15. The van der Waals surface area contributed by atoms with Crippen LogP contribution in [0.2, 0.25) is 0 Å². The maximum atomic E-state index is 12.5. The number of nitrogens with two attached hydrogens (primary N) is 1. The van der Waals surface area contributed by atoms with E-state index in [1.165, 1.54) is 30.4 Å². The molecule has 0 saturated heterocycles. The van der Waals surface area contributed by atoms with Crippen molar-refractivity contribution in [3.05, 3.63) is 35.4 Å². The molecule has 1 aliphatic carbocycles. The second kappa shape index (κ2) is 8.18. The van der Waals surface area contributed by atoms with E-state index in [1.807, 2.05) is 4.90 Å². The molecule has 3 nitrogen and oxygen atoms in total. The van der Waals surface area contributed by atoms with Crippen LogP contribution in [0.5, 0.6) is 0 Å². The maximum Gasteiger partial charge on any atom is 0.223 e. The zero-order chi connectivity index (χ0) is 15.1. The molecule has 116 valence electrons. The molecule has 0 unspecified atom stereocenters. The summed E-state index contributed by atoms with van der Waals surface area (Å²) in [7, 11) is 0. The van der Waals surface area contributed by atoms with Crippen LogP contribution in [0.25, 0.3) is 0 Å². The van der Waals surface area contributed by atoms with E-state index in [1.54, 1.807) is 0 Å². The predicted molar refractivity (Wildman–Crippen MR) is 87.1 cm³/mol. The Balaban J connectivity index is 1.89. The van der Waals surface area contributed by atoms with E-state index < -0.39 is 0 Å².